The monoisotopic (exact) mass is 716 g/mol. The van der Waals surface area contributed by atoms with Crippen LogP contribution >= 0.6 is 0 Å². The maximum absolute atomic E-state index is 3.77. The van der Waals surface area contributed by atoms with Gasteiger partial charge < -0.3 is 9.88 Å². The smallest absolute Gasteiger partial charge is 0.203 e. The second-order valence-corrected chi connectivity index (χ2v) is 17.5. The summed E-state index contributed by atoms with van der Waals surface area (Å²) in [5.74, 6) is 0. The lowest BCUT2D eigenvalue weighted by atomic mass is 9.65. The third kappa shape index (κ3) is 6.03. The molecular formula is C52H50N3+. The van der Waals surface area contributed by atoms with Crippen LogP contribution in [0.25, 0.3) is 38.6 Å². The van der Waals surface area contributed by atoms with Gasteiger partial charge in [0.05, 0.1) is 16.7 Å². The Morgan fingerprint density at radius 2 is 1.09 bits per heavy atom. The second kappa shape index (κ2) is 13.1. The predicted octanol–water partition coefficient (Wildman–Crippen LogP) is 11.8. The van der Waals surface area contributed by atoms with Gasteiger partial charge in [-0.15, -0.1) is 0 Å². The van der Waals surface area contributed by atoms with E-state index in [0.717, 1.165) is 24.2 Å². The van der Waals surface area contributed by atoms with Gasteiger partial charge in [-0.3, -0.25) is 0 Å². The zero-order valence-electron chi connectivity index (χ0n) is 32.9. The first-order valence-corrected chi connectivity index (χ1v) is 19.7. The Hall–Kier alpha value is -5.93. The van der Waals surface area contributed by atoms with E-state index in [-0.39, 0.29) is 16.2 Å². The molecule has 0 saturated carbocycles. The van der Waals surface area contributed by atoms with Gasteiger partial charge >= 0.3 is 0 Å². The molecule has 0 aliphatic heterocycles. The lowest BCUT2D eigenvalue weighted by molar-refractivity contribution is -0.347. The van der Waals surface area contributed by atoms with Crippen LogP contribution in [0.1, 0.15) is 76.6 Å². The minimum absolute atomic E-state index is 0.0210. The molecule has 0 atom stereocenters. The lowest BCUT2D eigenvalue weighted by Crippen LogP contribution is -2.62. The number of anilines is 1. The molecule has 2 N–H and O–H groups in total. The first kappa shape index (κ1) is 34.8. The van der Waals surface area contributed by atoms with E-state index in [0.29, 0.717) is 0 Å². The molecule has 1 spiro atoms. The molecule has 55 heavy (non-hydrogen) atoms. The van der Waals surface area contributed by atoms with Gasteiger partial charge in [-0.1, -0.05) is 139 Å². The summed E-state index contributed by atoms with van der Waals surface area (Å²) in [6.07, 6.45) is 6.27. The summed E-state index contributed by atoms with van der Waals surface area (Å²) in [7, 11) is 0. The van der Waals surface area contributed by atoms with Crippen LogP contribution in [0.4, 0.5) is 11.4 Å². The van der Waals surface area contributed by atoms with Crippen LogP contribution in [-0.4, -0.2) is 10.8 Å². The molecule has 0 unspecified atom stereocenters. The highest BCUT2D eigenvalue weighted by Gasteiger charge is 2.48. The van der Waals surface area contributed by atoms with Crippen LogP contribution in [0.2, 0.25) is 0 Å². The molecule has 0 bridgehead atoms. The van der Waals surface area contributed by atoms with Crippen molar-refractivity contribution in [3.63, 3.8) is 0 Å². The molecular weight excluding hydrogens is 667 g/mol. The SMILES string of the molecule is CC(C)(C)c1ccc2c(c1)c1cc(C(C)(C)C)ccc1n2C1=C(C=[NH+]c2ccccc2)CC2(C/C1=C\Nc1ccccc1)c1ccccc1-c1ccccc12. The number of fused-ring (bicyclic) bond motifs is 8. The number of nitrogens with zero attached hydrogens (tertiary/aromatic N) is 1. The van der Waals surface area contributed by atoms with Crippen LogP contribution < -0.4 is 10.3 Å². The highest BCUT2D eigenvalue weighted by molar-refractivity contribution is 6.12. The van der Waals surface area contributed by atoms with E-state index in [4.69, 9.17) is 0 Å². The average Bonchev–Trinajstić information content (AvgIpc) is 3.65. The van der Waals surface area contributed by atoms with Gasteiger partial charge in [0, 0.05) is 45.8 Å². The third-order valence-corrected chi connectivity index (χ3v) is 11.9. The summed E-state index contributed by atoms with van der Waals surface area (Å²) >= 11 is 0. The predicted molar refractivity (Wildman–Crippen MR) is 233 cm³/mol. The minimum Gasteiger partial charge on any atom is -0.361 e. The molecule has 7 aromatic rings. The number of nitrogens with one attached hydrogen (secondary N) is 2. The van der Waals surface area contributed by atoms with E-state index >= 15 is 0 Å². The third-order valence-electron chi connectivity index (χ3n) is 11.9. The maximum atomic E-state index is 3.77. The van der Waals surface area contributed by atoms with Gasteiger partial charge in [0.1, 0.15) is 0 Å². The largest absolute Gasteiger partial charge is 0.361 e. The number of aromatic nitrogens is 1. The van der Waals surface area contributed by atoms with Gasteiger partial charge in [-0.05, 0) is 99.0 Å². The van der Waals surface area contributed by atoms with Crippen LogP contribution in [0, 0.1) is 0 Å². The molecule has 9 rings (SSSR count). The topological polar surface area (TPSA) is 30.9 Å². The number of hydrogen-bond donors (Lipinski definition) is 2. The van der Waals surface area contributed by atoms with Crippen LogP contribution in [0.5, 0.6) is 0 Å². The molecule has 0 saturated heterocycles. The minimum atomic E-state index is -0.247. The van der Waals surface area contributed by atoms with Gasteiger partial charge in [0.25, 0.3) is 0 Å². The fourth-order valence-electron chi connectivity index (χ4n) is 9.02. The summed E-state index contributed by atoms with van der Waals surface area (Å²) in [4.78, 5) is 3.77. The standard InChI is InChI=1S/C52H49N3/c1-50(2,3)37-25-27-47-43(29-37)44-30-38(51(4,5)6)26-28-48(44)55(47)49-35(33-53-39-17-9-7-10-18-39)31-52(32-36(49)34-54-40-19-11-8-12-20-40)45-23-15-13-21-41(45)42-22-14-16-24-46(42)52/h7-30,33-34,53H,31-32H2,1-6H3/p+1/b35-33+,54-34?. The van der Waals surface area contributed by atoms with Crippen LogP contribution in [0.3, 0.4) is 0 Å². The maximum Gasteiger partial charge on any atom is 0.203 e. The molecule has 0 amide bonds. The first-order chi connectivity index (χ1) is 26.5. The Balaban J connectivity index is 1.39. The van der Waals surface area contributed by atoms with Crippen molar-refractivity contribution in [1.82, 2.24) is 4.57 Å². The molecule has 6 aromatic carbocycles. The normalized spacial score (nSPS) is 16.1. The van der Waals surface area contributed by atoms with E-state index in [2.05, 4.69) is 214 Å². The van der Waals surface area contributed by atoms with Crippen molar-refractivity contribution in [3.05, 3.63) is 185 Å². The molecule has 1 heterocycles. The van der Waals surface area contributed by atoms with Crippen molar-refractivity contribution in [3.8, 4) is 11.1 Å². The van der Waals surface area contributed by atoms with E-state index in [1.165, 1.54) is 72.0 Å². The van der Waals surface area contributed by atoms with Crippen LogP contribution in [0.15, 0.2) is 163 Å². The van der Waals surface area contributed by atoms with Gasteiger partial charge in [0.15, 0.2) is 6.21 Å². The van der Waals surface area contributed by atoms with E-state index < -0.39 is 0 Å². The van der Waals surface area contributed by atoms with Crippen molar-refractivity contribution < 1.29 is 4.99 Å². The molecule has 2 aliphatic rings. The zero-order chi connectivity index (χ0) is 38.0. The number of allylic oxidation sites excluding steroid dienone is 3. The Bertz CT molecular complexity index is 2560. The van der Waals surface area contributed by atoms with Crippen molar-refractivity contribution in [2.75, 3.05) is 5.32 Å². The van der Waals surface area contributed by atoms with Crippen LogP contribution in [-0.2, 0) is 16.2 Å². The lowest BCUT2D eigenvalue weighted by Gasteiger charge is -2.39. The number of hydrogen-bond acceptors (Lipinski definition) is 1. The summed E-state index contributed by atoms with van der Waals surface area (Å²) in [5, 5.41) is 6.36. The van der Waals surface area contributed by atoms with Crippen molar-refractivity contribution in [2.45, 2.75) is 70.6 Å². The number of rotatable bonds is 5. The molecule has 0 radical (unpaired) electrons. The Labute approximate surface area is 325 Å². The molecule has 2 aliphatic carbocycles. The molecule has 0 fully saturated rings. The van der Waals surface area contributed by atoms with Gasteiger partial charge in [-0.25, -0.2) is 4.99 Å². The van der Waals surface area contributed by atoms with Crippen molar-refractivity contribution >= 4 is 45.1 Å². The Kier molecular flexibility index (Phi) is 8.31. The highest BCUT2D eigenvalue weighted by Crippen LogP contribution is 2.58. The summed E-state index contributed by atoms with van der Waals surface area (Å²) < 4.78 is 2.57. The fourth-order valence-corrected chi connectivity index (χ4v) is 9.02. The summed E-state index contributed by atoms with van der Waals surface area (Å²) in [5.41, 5.74) is 16.3. The van der Waals surface area contributed by atoms with Crippen molar-refractivity contribution in [2.24, 2.45) is 0 Å². The highest BCUT2D eigenvalue weighted by atomic mass is 15.0. The second-order valence-electron chi connectivity index (χ2n) is 17.5. The zero-order valence-corrected chi connectivity index (χ0v) is 32.9. The summed E-state index contributed by atoms with van der Waals surface area (Å²) in [6.45, 7) is 13.9. The van der Waals surface area contributed by atoms with E-state index in [1.54, 1.807) is 0 Å². The quantitative estimate of drug-likeness (QED) is 0.171. The van der Waals surface area contributed by atoms with Gasteiger partial charge in [-0.2, -0.15) is 0 Å². The molecule has 3 nitrogen and oxygen atoms in total. The number of para-hydroxylation sites is 2. The molecule has 272 valence electrons. The van der Waals surface area contributed by atoms with E-state index in [1.807, 2.05) is 0 Å². The summed E-state index contributed by atoms with van der Waals surface area (Å²) in [6, 6.07) is 53.6. The molecule has 3 heteroatoms. The Morgan fingerprint density at radius 1 is 0.582 bits per heavy atom. The first-order valence-electron chi connectivity index (χ1n) is 19.7. The Morgan fingerprint density at radius 3 is 1.64 bits per heavy atom. The fraction of sp³-hybridized carbons (Fsp3) is 0.212. The van der Waals surface area contributed by atoms with Crippen molar-refractivity contribution in [1.29, 1.82) is 0 Å². The van der Waals surface area contributed by atoms with E-state index in [9.17, 15) is 0 Å². The molecule has 1 aromatic heterocycles. The number of benzene rings is 6. The van der Waals surface area contributed by atoms with Gasteiger partial charge in [0.2, 0.25) is 5.69 Å². The average molecular weight is 717 g/mol.